The van der Waals surface area contributed by atoms with Crippen molar-refractivity contribution in [2.75, 3.05) is 25.4 Å². The first-order valence-electron chi connectivity index (χ1n) is 8.44. The van der Waals surface area contributed by atoms with Gasteiger partial charge < -0.3 is 14.9 Å². The molecular weight excluding hydrogens is 308 g/mol. The Labute approximate surface area is 141 Å². The van der Waals surface area contributed by atoms with Gasteiger partial charge in [0, 0.05) is 6.54 Å². The summed E-state index contributed by atoms with van der Waals surface area (Å²) in [4.78, 5) is 23.3. The number of likely N-dealkylation sites (tertiary alicyclic amines) is 1. The van der Waals surface area contributed by atoms with Crippen molar-refractivity contribution in [1.82, 2.24) is 14.9 Å². The number of carbonyl (C=O) groups is 1. The van der Waals surface area contributed by atoms with Gasteiger partial charge >= 0.3 is 5.97 Å². The molecule has 1 fully saturated rings. The zero-order chi connectivity index (χ0) is 17.3. The number of nitrogens with two attached hydrogens (primary N) is 1. The van der Waals surface area contributed by atoms with E-state index < -0.39 is 5.97 Å². The molecule has 0 bridgehead atoms. The zero-order valence-electron chi connectivity index (χ0n) is 14.5. The highest BCUT2D eigenvalue weighted by Crippen LogP contribution is 2.29. The molecule has 1 saturated heterocycles. The van der Waals surface area contributed by atoms with Gasteiger partial charge in [-0.3, -0.25) is 4.90 Å². The molecule has 2 aromatic rings. The van der Waals surface area contributed by atoms with Gasteiger partial charge in [-0.15, -0.1) is 0 Å². The number of fused-ring (bicyclic) bond motifs is 1. The molecule has 2 aromatic heterocycles. The number of hydrogen-bond acceptors (Lipinski definition) is 7. The van der Waals surface area contributed by atoms with Crippen LogP contribution in [0.15, 0.2) is 4.42 Å². The number of furan rings is 1. The summed E-state index contributed by atoms with van der Waals surface area (Å²) in [5.74, 6) is 1.56. The van der Waals surface area contributed by atoms with Gasteiger partial charge in [-0.1, -0.05) is 6.92 Å². The molecule has 7 nitrogen and oxygen atoms in total. The fourth-order valence-corrected chi connectivity index (χ4v) is 3.33. The van der Waals surface area contributed by atoms with Crippen molar-refractivity contribution in [2.45, 2.75) is 40.2 Å². The summed E-state index contributed by atoms with van der Waals surface area (Å²) in [6.45, 7) is 8.72. The predicted octanol–water partition coefficient (Wildman–Crippen LogP) is 2.52. The SMILES string of the molecule is CCOC(=O)c1c(C)oc2nc(CN3CCCC(C)C3)nc(N)c12. The molecule has 0 aromatic carbocycles. The first kappa shape index (κ1) is 16.7. The van der Waals surface area contributed by atoms with E-state index in [1.54, 1.807) is 13.8 Å². The van der Waals surface area contributed by atoms with Gasteiger partial charge in [0.1, 0.15) is 23.0 Å². The van der Waals surface area contributed by atoms with Gasteiger partial charge in [-0.2, -0.15) is 4.98 Å². The van der Waals surface area contributed by atoms with Crippen LogP contribution < -0.4 is 5.73 Å². The van der Waals surface area contributed by atoms with Gasteiger partial charge in [-0.05, 0) is 39.2 Å². The third-order valence-corrected chi connectivity index (χ3v) is 4.39. The number of ether oxygens (including phenoxy) is 1. The van der Waals surface area contributed by atoms with E-state index in [0.29, 0.717) is 40.7 Å². The summed E-state index contributed by atoms with van der Waals surface area (Å²) in [7, 11) is 0. The number of hydrogen-bond donors (Lipinski definition) is 1. The zero-order valence-corrected chi connectivity index (χ0v) is 14.5. The molecule has 1 aliphatic rings. The van der Waals surface area contributed by atoms with Crippen LogP contribution in [0, 0.1) is 12.8 Å². The number of piperidine rings is 1. The smallest absolute Gasteiger partial charge is 0.342 e. The van der Waals surface area contributed by atoms with Crippen molar-refractivity contribution in [3.8, 4) is 0 Å². The van der Waals surface area contributed by atoms with E-state index in [1.807, 2.05) is 0 Å². The van der Waals surface area contributed by atoms with Crippen molar-refractivity contribution in [3.63, 3.8) is 0 Å². The Bertz CT molecular complexity index is 756. The van der Waals surface area contributed by atoms with Crippen LogP contribution in [0.1, 0.15) is 48.6 Å². The Morgan fingerprint density at radius 2 is 2.25 bits per heavy atom. The lowest BCUT2D eigenvalue weighted by Gasteiger charge is -2.30. The highest BCUT2D eigenvalue weighted by Gasteiger charge is 2.24. The number of nitrogens with zero attached hydrogens (tertiary/aromatic N) is 3. The fraction of sp³-hybridized carbons (Fsp3) is 0.588. The Morgan fingerprint density at radius 3 is 2.96 bits per heavy atom. The number of anilines is 1. The molecule has 0 radical (unpaired) electrons. The molecule has 0 saturated carbocycles. The molecule has 0 spiro atoms. The average molecular weight is 332 g/mol. The number of rotatable bonds is 4. The Kier molecular flexibility index (Phi) is 4.71. The lowest BCUT2D eigenvalue weighted by atomic mass is 10.0. The Balaban J connectivity index is 1.92. The maximum absolute atomic E-state index is 12.1. The molecule has 1 atom stereocenters. The second-order valence-electron chi connectivity index (χ2n) is 6.44. The molecule has 3 heterocycles. The minimum absolute atomic E-state index is 0.264. The maximum atomic E-state index is 12.1. The van der Waals surface area contributed by atoms with Gasteiger partial charge in [0.05, 0.1) is 18.5 Å². The van der Waals surface area contributed by atoms with Crippen molar-refractivity contribution in [2.24, 2.45) is 5.92 Å². The molecular formula is C17H24N4O3. The summed E-state index contributed by atoms with van der Waals surface area (Å²) in [5.41, 5.74) is 6.77. The molecule has 0 amide bonds. The molecule has 130 valence electrons. The lowest BCUT2D eigenvalue weighted by molar-refractivity contribution is 0.0526. The van der Waals surface area contributed by atoms with E-state index in [1.165, 1.54) is 12.8 Å². The van der Waals surface area contributed by atoms with Crippen LogP contribution in [0.4, 0.5) is 5.82 Å². The molecule has 0 aliphatic carbocycles. The number of aromatic nitrogens is 2. The maximum Gasteiger partial charge on any atom is 0.342 e. The first-order chi connectivity index (χ1) is 11.5. The standard InChI is InChI=1S/C17H24N4O3/c1-4-23-17(22)13-11(3)24-16-14(13)15(18)19-12(20-16)9-21-7-5-6-10(2)8-21/h10H,4-9H2,1-3H3,(H2,18,19,20). The topological polar surface area (TPSA) is 94.5 Å². The molecule has 1 aliphatic heterocycles. The van der Waals surface area contributed by atoms with Crippen LogP contribution in [0.25, 0.3) is 11.1 Å². The van der Waals surface area contributed by atoms with Crippen LogP contribution in [-0.4, -0.2) is 40.5 Å². The number of nitrogen functional groups attached to an aromatic ring is 1. The lowest BCUT2D eigenvalue weighted by Crippen LogP contribution is -2.34. The van der Waals surface area contributed by atoms with Gasteiger partial charge in [-0.25, -0.2) is 9.78 Å². The van der Waals surface area contributed by atoms with Crippen molar-refractivity contribution >= 4 is 22.9 Å². The Hall–Kier alpha value is -2.15. The minimum atomic E-state index is -0.457. The molecule has 2 N–H and O–H groups in total. The van der Waals surface area contributed by atoms with Gasteiger partial charge in [0.2, 0.25) is 5.71 Å². The molecule has 24 heavy (non-hydrogen) atoms. The first-order valence-corrected chi connectivity index (χ1v) is 8.44. The van der Waals surface area contributed by atoms with E-state index in [-0.39, 0.29) is 12.4 Å². The summed E-state index contributed by atoms with van der Waals surface area (Å²) >= 11 is 0. The summed E-state index contributed by atoms with van der Waals surface area (Å²) < 4.78 is 10.7. The average Bonchev–Trinajstić information content (AvgIpc) is 2.84. The molecule has 3 rings (SSSR count). The van der Waals surface area contributed by atoms with Gasteiger partial charge in [0.25, 0.3) is 0 Å². The molecule has 7 heteroatoms. The van der Waals surface area contributed by atoms with Crippen LogP contribution in [-0.2, 0) is 11.3 Å². The third kappa shape index (κ3) is 3.21. The second kappa shape index (κ2) is 6.76. The predicted molar refractivity (Wildman–Crippen MR) is 90.6 cm³/mol. The van der Waals surface area contributed by atoms with E-state index >= 15 is 0 Å². The normalized spacial score (nSPS) is 18.9. The summed E-state index contributed by atoms with van der Waals surface area (Å²) in [5, 5.41) is 0.446. The second-order valence-corrected chi connectivity index (χ2v) is 6.44. The van der Waals surface area contributed by atoms with Crippen LogP contribution in [0.3, 0.4) is 0 Å². The highest BCUT2D eigenvalue weighted by molar-refractivity contribution is 6.07. The largest absolute Gasteiger partial charge is 0.462 e. The highest BCUT2D eigenvalue weighted by atomic mass is 16.5. The van der Waals surface area contributed by atoms with Crippen LogP contribution >= 0.6 is 0 Å². The quantitative estimate of drug-likeness (QED) is 0.860. The van der Waals surface area contributed by atoms with E-state index in [0.717, 1.165) is 13.1 Å². The summed E-state index contributed by atoms with van der Waals surface area (Å²) in [6, 6.07) is 0. The van der Waals surface area contributed by atoms with E-state index in [4.69, 9.17) is 14.9 Å². The number of aryl methyl sites for hydroxylation is 1. The molecule has 1 unspecified atom stereocenters. The third-order valence-electron chi connectivity index (χ3n) is 4.39. The van der Waals surface area contributed by atoms with E-state index in [9.17, 15) is 4.79 Å². The van der Waals surface area contributed by atoms with Crippen molar-refractivity contribution in [3.05, 3.63) is 17.1 Å². The van der Waals surface area contributed by atoms with Crippen molar-refractivity contribution in [1.29, 1.82) is 0 Å². The van der Waals surface area contributed by atoms with Crippen LogP contribution in [0.5, 0.6) is 0 Å². The number of carbonyl (C=O) groups excluding carboxylic acids is 1. The minimum Gasteiger partial charge on any atom is -0.462 e. The number of esters is 1. The fourth-order valence-electron chi connectivity index (χ4n) is 3.33. The summed E-state index contributed by atoms with van der Waals surface area (Å²) in [6.07, 6.45) is 2.45. The van der Waals surface area contributed by atoms with E-state index in [2.05, 4.69) is 21.8 Å². The van der Waals surface area contributed by atoms with Gasteiger partial charge in [0.15, 0.2) is 0 Å². The Morgan fingerprint density at radius 1 is 1.46 bits per heavy atom. The van der Waals surface area contributed by atoms with Crippen molar-refractivity contribution < 1.29 is 13.9 Å². The van der Waals surface area contributed by atoms with Crippen LogP contribution in [0.2, 0.25) is 0 Å². The monoisotopic (exact) mass is 332 g/mol.